The third-order valence-electron chi connectivity index (χ3n) is 4.27. The van der Waals surface area contributed by atoms with Crippen molar-refractivity contribution in [3.63, 3.8) is 0 Å². The third kappa shape index (κ3) is 3.66. The van der Waals surface area contributed by atoms with Gasteiger partial charge in [-0.15, -0.1) is 11.3 Å². The second-order valence-electron chi connectivity index (χ2n) is 6.01. The number of para-hydroxylation sites is 1. The Labute approximate surface area is 161 Å². The van der Waals surface area contributed by atoms with E-state index in [0.717, 1.165) is 17.7 Å². The van der Waals surface area contributed by atoms with Crippen LogP contribution in [0, 0.1) is 0 Å². The molecule has 0 aliphatic rings. The lowest BCUT2D eigenvalue weighted by Gasteiger charge is -2.04. The summed E-state index contributed by atoms with van der Waals surface area (Å²) in [5.41, 5.74) is 4.22. The van der Waals surface area contributed by atoms with E-state index in [-0.39, 0.29) is 5.91 Å². The molecule has 0 fully saturated rings. The molecule has 2 aromatic carbocycles. The predicted octanol–water partition coefficient (Wildman–Crippen LogP) is 4.81. The lowest BCUT2D eigenvalue weighted by molar-refractivity contribution is 0.102. The Bertz CT molecular complexity index is 1040. The quantitative estimate of drug-likeness (QED) is 0.545. The average Bonchev–Trinajstić information content (AvgIpc) is 3.39. The summed E-state index contributed by atoms with van der Waals surface area (Å²) in [6.07, 6.45) is 4.40. The van der Waals surface area contributed by atoms with Gasteiger partial charge in [-0.05, 0) is 24.1 Å². The summed E-state index contributed by atoms with van der Waals surface area (Å²) in [5, 5.41) is 9.94. The first-order chi connectivity index (χ1) is 13.2. The van der Waals surface area contributed by atoms with Crippen LogP contribution in [0.5, 0.6) is 0 Å². The zero-order valence-electron chi connectivity index (χ0n) is 14.8. The van der Waals surface area contributed by atoms with E-state index >= 15 is 0 Å². The second kappa shape index (κ2) is 7.55. The molecular weight excluding hydrogens is 356 g/mol. The Morgan fingerprint density at radius 3 is 2.56 bits per heavy atom. The van der Waals surface area contributed by atoms with E-state index in [1.807, 2.05) is 47.8 Å². The SMILES string of the molecule is CCc1ccc(-c2nn(-c3ccccc3)cc2C(=O)Nc2nccs2)cc1. The van der Waals surface area contributed by atoms with Crippen LogP contribution in [0.2, 0.25) is 0 Å². The molecule has 5 nitrogen and oxygen atoms in total. The van der Waals surface area contributed by atoms with Crippen molar-refractivity contribution in [2.24, 2.45) is 0 Å². The topological polar surface area (TPSA) is 59.8 Å². The van der Waals surface area contributed by atoms with Gasteiger partial charge < -0.3 is 0 Å². The normalized spacial score (nSPS) is 10.7. The first-order valence-corrected chi connectivity index (χ1v) is 9.58. The number of carbonyl (C=O) groups excluding carboxylic acids is 1. The highest BCUT2D eigenvalue weighted by molar-refractivity contribution is 7.13. The van der Waals surface area contributed by atoms with E-state index in [9.17, 15) is 4.79 Å². The molecule has 6 heteroatoms. The van der Waals surface area contributed by atoms with E-state index < -0.39 is 0 Å². The van der Waals surface area contributed by atoms with Gasteiger partial charge in [-0.25, -0.2) is 9.67 Å². The van der Waals surface area contributed by atoms with Crippen LogP contribution in [-0.2, 0) is 6.42 Å². The van der Waals surface area contributed by atoms with Crippen LogP contribution in [0.4, 0.5) is 5.13 Å². The zero-order valence-corrected chi connectivity index (χ0v) is 15.6. The molecule has 4 rings (SSSR count). The molecule has 0 atom stereocenters. The molecule has 2 heterocycles. The molecule has 0 bridgehead atoms. The monoisotopic (exact) mass is 374 g/mol. The smallest absolute Gasteiger partial charge is 0.261 e. The van der Waals surface area contributed by atoms with Crippen LogP contribution in [0.3, 0.4) is 0 Å². The standard InChI is InChI=1S/C21H18N4OS/c1-2-15-8-10-16(11-9-15)19-18(20(26)23-21-22-12-13-27-21)14-25(24-19)17-6-4-3-5-7-17/h3-14H,2H2,1H3,(H,22,23,26). The van der Waals surface area contributed by atoms with Gasteiger partial charge in [0, 0.05) is 23.3 Å². The highest BCUT2D eigenvalue weighted by Gasteiger charge is 2.19. The Morgan fingerprint density at radius 2 is 1.89 bits per heavy atom. The number of hydrogen-bond acceptors (Lipinski definition) is 4. The number of amides is 1. The van der Waals surface area contributed by atoms with Gasteiger partial charge >= 0.3 is 0 Å². The molecule has 0 saturated carbocycles. The lowest BCUT2D eigenvalue weighted by Crippen LogP contribution is -2.12. The average molecular weight is 374 g/mol. The first-order valence-electron chi connectivity index (χ1n) is 8.70. The number of rotatable bonds is 5. The van der Waals surface area contributed by atoms with Crippen molar-refractivity contribution in [2.75, 3.05) is 5.32 Å². The zero-order chi connectivity index (χ0) is 18.6. The third-order valence-corrected chi connectivity index (χ3v) is 4.96. The lowest BCUT2D eigenvalue weighted by atomic mass is 10.0. The Kier molecular flexibility index (Phi) is 4.80. The van der Waals surface area contributed by atoms with Crippen molar-refractivity contribution in [3.05, 3.63) is 83.5 Å². The molecule has 0 radical (unpaired) electrons. The summed E-state index contributed by atoms with van der Waals surface area (Å²) in [4.78, 5) is 17.0. The van der Waals surface area contributed by atoms with E-state index in [1.165, 1.54) is 16.9 Å². The number of hydrogen-bond donors (Lipinski definition) is 1. The summed E-state index contributed by atoms with van der Waals surface area (Å²) in [7, 11) is 0. The van der Waals surface area contributed by atoms with E-state index in [1.54, 1.807) is 17.1 Å². The molecule has 0 unspecified atom stereocenters. The van der Waals surface area contributed by atoms with Gasteiger partial charge in [0.1, 0.15) is 5.69 Å². The van der Waals surface area contributed by atoms with Crippen molar-refractivity contribution in [3.8, 4) is 16.9 Å². The van der Waals surface area contributed by atoms with Gasteiger partial charge in [-0.3, -0.25) is 10.1 Å². The molecule has 0 spiro atoms. The molecule has 1 amide bonds. The fourth-order valence-electron chi connectivity index (χ4n) is 2.81. The molecule has 4 aromatic rings. The van der Waals surface area contributed by atoms with Gasteiger partial charge in [-0.1, -0.05) is 49.4 Å². The largest absolute Gasteiger partial charge is 0.298 e. The van der Waals surface area contributed by atoms with Crippen LogP contribution in [0.1, 0.15) is 22.8 Å². The highest BCUT2D eigenvalue weighted by atomic mass is 32.1. The fraction of sp³-hybridized carbons (Fsp3) is 0.0952. The van der Waals surface area contributed by atoms with Crippen LogP contribution in [0.15, 0.2) is 72.4 Å². The summed E-state index contributed by atoms with van der Waals surface area (Å²) < 4.78 is 1.74. The minimum atomic E-state index is -0.221. The number of benzene rings is 2. The van der Waals surface area contributed by atoms with Crippen molar-refractivity contribution in [1.29, 1.82) is 0 Å². The molecule has 0 saturated heterocycles. The van der Waals surface area contributed by atoms with Crippen molar-refractivity contribution in [2.45, 2.75) is 13.3 Å². The van der Waals surface area contributed by atoms with Gasteiger partial charge in [0.2, 0.25) is 0 Å². The number of anilines is 1. The summed E-state index contributed by atoms with van der Waals surface area (Å²) >= 11 is 1.39. The van der Waals surface area contributed by atoms with Crippen molar-refractivity contribution >= 4 is 22.4 Å². The number of thiazole rings is 1. The molecule has 2 aromatic heterocycles. The summed E-state index contributed by atoms with van der Waals surface area (Å²) in [6, 6.07) is 17.9. The summed E-state index contributed by atoms with van der Waals surface area (Å²) in [5.74, 6) is -0.221. The molecule has 0 aliphatic heterocycles. The second-order valence-corrected chi connectivity index (χ2v) is 6.91. The van der Waals surface area contributed by atoms with Crippen molar-refractivity contribution < 1.29 is 4.79 Å². The predicted molar refractivity (Wildman–Crippen MR) is 108 cm³/mol. The maximum absolute atomic E-state index is 12.9. The summed E-state index contributed by atoms with van der Waals surface area (Å²) in [6.45, 7) is 2.12. The number of nitrogens with zero attached hydrogens (tertiary/aromatic N) is 3. The van der Waals surface area contributed by atoms with Gasteiger partial charge in [0.05, 0.1) is 11.3 Å². The molecular formula is C21H18N4OS. The number of nitrogens with one attached hydrogen (secondary N) is 1. The van der Waals surface area contributed by atoms with Crippen LogP contribution < -0.4 is 5.32 Å². The minimum absolute atomic E-state index is 0.221. The highest BCUT2D eigenvalue weighted by Crippen LogP contribution is 2.25. The van der Waals surface area contributed by atoms with E-state index in [0.29, 0.717) is 16.4 Å². The fourth-order valence-corrected chi connectivity index (χ4v) is 3.34. The Hall–Kier alpha value is -3.25. The van der Waals surface area contributed by atoms with Crippen LogP contribution >= 0.6 is 11.3 Å². The maximum atomic E-state index is 12.9. The Morgan fingerprint density at radius 1 is 1.11 bits per heavy atom. The van der Waals surface area contributed by atoms with Crippen molar-refractivity contribution in [1.82, 2.24) is 14.8 Å². The van der Waals surface area contributed by atoms with E-state index in [4.69, 9.17) is 5.10 Å². The molecule has 1 N–H and O–H groups in total. The van der Waals surface area contributed by atoms with Crippen LogP contribution in [-0.4, -0.2) is 20.7 Å². The number of carbonyl (C=O) groups is 1. The number of aromatic nitrogens is 3. The molecule has 0 aliphatic carbocycles. The Balaban J connectivity index is 1.77. The van der Waals surface area contributed by atoms with E-state index in [2.05, 4.69) is 29.4 Å². The molecule has 134 valence electrons. The maximum Gasteiger partial charge on any atom is 0.261 e. The van der Waals surface area contributed by atoms with Gasteiger partial charge in [-0.2, -0.15) is 5.10 Å². The number of aryl methyl sites for hydroxylation is 1. The minimum Gasteiger partial charge on any atom is -0.298 e. The van der Waals surface area contributed by atoms with Gasteiger partial charge in [0.25, 0.3) is 5.91 Å². The first kappa shape index (κ1) is 17.2. The molecule has 27 heavy (non-hydrogen) atoms. The van der Waals surface area contributed by atoms with Gasteiger partial charge in [0.15, 0.2) is 5.13 Å². The van der Waals surface area contributed by atoms with Crippen LogP contribution in [0.25, 0.3) is 16.9 Å².